The maximum Gasteiger partial charge on any atom is 0.265 e. The molecule has 0 unspecified atom stereocenters. The fraction of sp³-hybridized carbons (Fsp3) is 0.286. The van der Waals surface area contributed by atoms with Gasteiger partial charge in [-0.2, -0.15) is 0 Å². The molecule has 0 bridgehead atoms. The molecular weight excluding hydrogens is 480 g/mol. The Kier molecular flexibility index (Phi) is 6.20. The first-order valence-electron chi connectivity index (χ1n) is 11.5. The number of aryl methyl sites for hydroxylation is 1. The van der Waals surface area contributed by atoms with Crippen molar-refractivity contribution in [1.82, 2.24) is 9.55 Å². The average molecular weight is 507 g/mol. The van der Waals surface area contributed by atoms with Gasteiger partial charge in [-0.3, -0.25) is 9.36 Å². The molecule has 180 valence electrons. The molecule has 0 amide bonds. The van der Waals surface area contributed by atoms with E-state index >= 15 is 0 Å². The number of hydrogen-bond donors (Lipinski definition) is 0. The van der Waals surface area contributed by atoms with Crippen LogP contribution in [0, 0.1) is 5.41 Å². The summed E-state index contributed by atoms with van der Waals surface area (Å²) in [5.74, 6) is 1.29. The molecule has 0 radical (unpaired) electrons. The highest BCUT2D eigenvalue weighted by Gasteiger charge is 2.30. The summed E-state index contributed by atoms with van der Waals surface area (Å²) in [6.45, 7) is 4.50. The number of aromatic nitrogens is 2. The zero-order valence-corrected chi connectivity index (χ0v) is 21.8. The SMILES string of the molecule is COc1ccc(OC)c(-n2c3c(cc(-c4nc(-c5ccc(Cl)cc5)cs4)c2=O)CCC(C)(C)C3)c1. The lowest BCUT2D eigenvalue weighted by molar-refractivity contribution is 0.306. The minimum Gasteiger partial charge on any atom is -0.497 e. The van der Waals surface area contributed by atoms with Crippen molar-refractivity contribution in [3.05, 3.63) is 80.5 Å². The molecule has 1 aliphatic carbocycles. The molecule has 5 nitrogen and oxygen atoms in total. The Labute approximate surface area is 213 Å². The molecule has 35 heavy (non-hydrogen) atoms. The van der Waals surface area contributed by atoms with E-state index in [2.05, 4.69) is 13.8 Å². The van der Waals surface area contributed by atoms with Crippen molar-refractivity contribution < 1.29 is 9.47 Å². The molecule has 0 saturated heterocycles. The van der Waals surface area contributed by atoms with Gasteiger partial charge in [-0.25, -0.2) is 4.98 Å². The first-order valence-corrected chi connectivity index (χ1v) is 12.8. The van der Waals surface area contributed by atoms with Crippen LogP contribution >= 0.6 is 22.9 Å². The predicted octanol–water partition coefficient (Wildman–Crippen LogP) is 6.81. The Bertz CT molecular complexity index is 1450. The van der Waals surface area contributed by atoms with Gasteiger partial charge in [0.1, 0.15) is 16.5 Å². The molecule has 1 aliphatic rings. The Morgan fingerprint density at radius 1 is 1.06 bits per heavy atom. The van der Waals surface area contributed by atoms with E-state index in [4.69, 9.17) is 26.1 Å². The third-order valence-corrected chi connectivity index (χ3v) is 7.74. The minimum absolute atomic E-state index is 0.0950. The fourth-order valence-corrected chi connectivity index (χ4v) is 5.62. The second-order valence-electron chi connectivity index (χ2n) is 9.59. The molecule has 2 heterocycles. The monoisotopic (exact) mass is 506 g/mol. The van der Waals surface area contributed by atoms with Crippen molar-refractivity contribution >= 4 is 22.9 Å². The number of pyridine rings is 1. The summed E-state index contributed by atoms with van der Waals surface area (Å²) in [4.78, 5) is 19.0. The largest absolute Gasteiger partial charge is 0.497 e. The van der Waals surface area contributed by atoms with Gasteiger partial charge in [0.15, 0.2) is 0 Å². The summed E-state index contributed by atoms with van der Waals surface area (Å²) in [5.41, 5.74) is 5.25. The molecular formula is C28H27ClN2O3S. The van der Waals surface area contributed by atoms with Crippen LogP contribution in [-0.2, 0) is 12.8 Å². The minimum atomic E-state index is -0.106. The summed E-state index contributed by atoms with van der Waals surface area (Å²) in [7, 11) is 3.24. The molecule has 4 aromatic rings. The molecule has 0 spiro atoms. The molecule has 5 rings (SSSR count). The number of thiazole rings is 1. The van der Waals surface area contributed by atoms with E-state index in [9.17, 15) is 4.79 Å². The van der Waals surface area contributed by atoms with Gasteiger partial charge < -0.3 is 9.47 Å². The van der Waals surface area contributed by atoms with Gasteiger partial charge in [0.25, 0.3) is 5.56 Å². The van der Waals surface area contributed by atoms with E-state index < -0.39 is 0 Å². The van der Waals surface area contributed by atoms with E-state index in [1.165, 1.54) is 16.9 Å². The number of hydrogen-bond acceptors (Lipinski definition) is 5. The summed E-state index contributed by atoms with van der Waals surface area (Å²) in [5, 5.41) is 3.36. The zero-order chi connectivity index (χ0) is 24.7. The zero-order valence-electron chi connectivity index (χ0n) is 20.2. The molecule has 0 saturated carbocycles. The van der Waals surface area contributed by atoms with Gasteiger partial charge >= 0.3 is 0 Å². The molecule has 2 aromatic carbocycles. The molecule has 0 fully saturated rings. The lowest BCUT2D eigenvalue weighted by Crippen LogP contribution is -2.32. The highest BCUT2D eigenvalue weighted by Crippen LogP contribution is 2.39. The van der Waals surface area contributed by atoms with E-state index in [1.807, 2.05) is 58.5 Å². The highest BCUT2D eigenvalue weighted by molar-refractivity contribution is 7.13. The fourth-order valence-electron chi connectivity index (χ4n) is 4.66. The van der Waals surface area contributed by atoms with Gasteiger partial charge in [0.05, 0.1) is 31.2 Å². The number of rotatable bonds is 5. The van der Waals surface area contributed by atoms with Gasteiger partial charge in [-0.05, 0) is 60.6 Å². The predicted molar refractivity (Wildman–Crippen MR) is 143 cm³/mol. The van der Waals surface area contributed by atoms with Crippen LogP contribution in [-0.4, -0.2) is 23.8 Å². The first kappa shape index (κ1) is 23.6. The van der Waals surface area contributed by atoms with E-state index in [0.29, 0.717) is 32.8 Å². The van der Waals surface area contributed by atoms with E-state index in [-0.39, 0.29) is 11.0 Å². The van der Waals surface area contributed by atoms with Crippen LogP contribution in [0.3, 0.4) is 0 Å². The number of ether oxygens (including phenoxy) is 2. The van der Waals surface area contributed by atoms with Gasteiger partial charge in [0, 0.05) is 27.7 Å². The lowest BCUT2D eigenvalue weighted by Gasteiger charge is -2.33. The van der Waals surface area contributed by atoms with Gasteiger partial charge in [-0.15, -0.1) is 11.3 Å². The summed E-state index contributed by atoms with van der Waals surface area (Å²) < 4.78 is 13.0. The molecule has 0 N–H and O–H groups in total. The maximum absolute atomic E-state index is 14.1. The standard InChI is InChI=1S/C28H27ClN2O3S/c1-28(2)12-11-18-13-21(26-30-22(16-35-26)17-5-7-19(29)8-6-17)27(32)31(24(18)15-28)23-14-20(33-3)9-10-25(23)34-4/h5-10,13-14,16H,11-12,15H2,1-4H3. The van der Waals surface area contributed by atoms with Crippen molar-refractivity contribution in [2.45, 2.75) is 33.1 Å². The molecule has 7 heteroatoms. The summed E-state index contributed by atoms with van der Waals surface area (Å²) in [6, 6.07) is 15.2. The van der Waals surface area contributed by atoms with Crippen LogP contribution < -0.4 is 15.0 Å². The summed E-state index contributed by atoms with van der Waals surface area (Å²) in [6.07, 6.45) is 2.75. The van der Waals surface area contributed by atoms with Crippen molar-refractivity contribution in [3.8, 4) is 39.0 Å². The lowest BCUT2D eigenvalue weighted by atomic mass is 9.76. The number of benzene rings is 2. The van der Waals surface area contributed by atoms with Gasteiger partial charge in [0.2, 0.25) is 0 Å². The average Bonchev–Trinajstić information content (AvgIpc) is 3.33. The maximum atomic E-state index is 14.1. The van der Waals surface area contributed by atoms with Crippen LogP contribution in [0.5, 0.6) is 11.5 Å². The van der Waals surface area contributed by atoms with Gasteiger partial charge in [-0.1, -0.05) is 37.6 Å². The van der Waals surface area contributed by atoms with Crippen molar-refractivity contribution in [2.24, 2.45) is 5.41 Å². The van der Waals surface area contributed by atoms with E-state index in [1.54, 1.807) is 14.2 Å². The number of fused-ring (bicyclic) bond motifs is 1. The second-order valence-corrected chi connectivity index (χ2v) is 10.9. The molecule has 2 aromatic heterocycles. The number of methoxy groups -OCH3 is 2. The second kappa shape index (κ2) is 9.17. The number of nitrogens with zero attached hydrogens (tertiary/aromatic N) is 2. The van der Waals surface area contributed by atoms with Crippen LogP contribution in [0.25, 0.3) is 27.5 Å². The van der Waals surface area contributed by atoms with Crippen LogP contribution in [0.1, 0.15) is 31.5 Å². The third kappa shape index (κ3) is 4.48. The number of halogens is 1. The van der Waals surface area contributed by atoms with Crippen molar-refractivity contribution in [2.75, 3.05) is 14.2 Å². The van der Waals surface area contributed by atoms with Crippen molar-refractivity contribution in [3.63, 3.8) is 0 Å². The Balaban J connectivity index is 1.73. The highest BCUT2D eigenvalue weighted by atomic mass is 35.5. The van der Waals surface area contributed by atoms with E-state index in [0.717, 1.165) is 36.2 Å². The first-order chi connectivity index (χ1) is 16.8. The Hall–Kier alpha value is -3.09. The third-order valence-electron chi connectivity index (χ3n) is 6.61. The van der Waals surface area contributed by atoms with Crippen LogP contribution in [0.15, 0.2) is 58.7 Å². The summed E-state index contributed by atoms with van der Waals surface area (Å²) >= 11 is 7.52. The van der Waals surface area contributed by atoms with Crippen LogP contribution in [0.2, 0.25) is 5.02 Å². The Morgan fingerprint density at radius 3 is 2.54 bits per heavy atom. The Morgan fingerprint density at radius 2 is 1.83 bits per heavy atom. The smallest absolute Gasteiger partial charge is 0.265 e. The quantitative estimate of drug-likeness (QED) is 0.298. The molecule has 0 aliphatic heterocycles. The normalized spacial score (nSPS) is 14.4. The van der Waals surface area contributed by atoms with Crippen LogP contribution in [0.4, 0.5) is 0 Å². The molecule has 0 atom stereocenters. The topological polar surface area (TPSA) is 53.4 Å². The van der Waals surface area contributed by atoms with Crippen molar-refractivity contribution in [1.29, 1.82) is 0 Å².